The Kier molecular flexibility index (Phi) is 8.39. The van der Waals surface area contributed by atoms with Crippen LogP contribution in [-0.2, 0) is 25.6 Å². The Labute approximate surface area is 259 Å². The third-order valence-electron chi connectivity index (χ3n) is 7.96. The minimum Gasteiger partial charge on any atom is -0.493 e. The molecule has 0 atom stereocenters. The molecular formula is C34H35F3N4O4. The van der Waals surface area contributed by atoms with E-state index in [2.05, 4.69) is 0 Å². The first kappa shape index (κ1) is 31.6. The number of hydrogen-bond acceptors (Lipinski definition) is 6. The summed E-state index contributed by atoms with van der Waals surface area (Å²) in [7, 11) is 4.64. The number of hydrogen-bond donors (Lipinski definition) is 1. The van der Waals surface area contributed by atoms with Crippen molar-refractivity contribution in [1.82, 2.24) is 14.7 Å². The third-order valence-corrected chi connectivity index (χ3v) is 7.96. The van der Waals surface area contributed by atoms with E-state index in [-0.39, 0.29) is 29.0 Å². The second-order valence-electron chi connectivity index (χ2n) is 12.1. The van der Waals surface area contributed by atoms with Crippen molar-refractivity contribution in [1.29, 1.82) is 0 Å². The topological polar surface area (TPSA) is 99.7 Å². The van der Waals surface area contributed by atoms with Gasteiger partial charge in [-0.25, -0.2) is 4.68 Å². The first-order valence-electron chi connectivity index (χ1n) is 14.4. The van der Waals surface area contributed by atoms with Gasteiger partial charge in [0.1, 0.15) is 0 Å². The third kappa shape index (κ3) is 6.52. The van der Waals surface area contributed by atoms with Crippen LogP contribution in [0.25, 0.3) is 5.69 Å². The van der Waals surface area contributed by atoms with Gasteiger partial charge in [-0.3, -0.25) is 9.59 Å². The predicted molar refractivity (Wildman–Crippen MR) is 164 cm³/mol. The molecule has 0 unspecified atom stereocenters. The van der Waals surface area contributed by atoms with Gasteiger partial charge < -0.3 is 20.1 Å². The number of nitrogens with two attached hydrogens (primary N) is 1. The molecule has 45 heavy (non-hydrogen) atoms. The lowest BCUT2D eigenvalue weighted by Crippen LogP contribution is -2.28. The van der Waals surface area contributed by atoms with Crippen molar-refractivity contribution in [3.05, 3.63) is 99.9 Å². The molecule has 4 aromatic rings. The SMILES string of the molecule is COc1ccc(Cc2nn(-c3ccc(C(=O)N(C)Cc4cccc(C(F)(F)F)c4)cc3N)c3c2C(=O)CC(C)(C)C3)cc1OC. The molecule has 1 aromatic heterocycles. The van der Waals surface area contributed by atoms with Gasteiger partial charge in [0, 0.05) is 32.0 Å². The van der Waals surface area contributed by atoms with E-state index < -0.39 is 17.6 Å². The number of halogens is 3. The molecule has 1 aliphatic rings. The molecule has 236 valence electrons. The molecule has 1 heterocycles. The van der Waals surface area contributed by atoms with Crippen LogP contribution < -0.4 is 15.2 Å². The molecule has 5 rings (SSSR count). The van der Waals surface area contributed by atoms with E-state index >= 15 is 0 Å². The second kappa shape index (κ2) is 11.9. The molecule has 0 fully saturated rings. The molecule has 0 radical (unpaired) electrons. The Morgan fingerprint density at radius 3 is 2.40 bits per heavy atom. The van der Waals surface area contributed by atoms with Crippen LogP contribution in [0.1, 0.15) is 69.1 Å². The van der Waals surface area contributed by atoms with Gasteiger partial charge >= 0.3 is 6.18 Å². The van der Waals surface area contributed by atoms with Gasteiger partial charge in [-0.2, -0.15) is 18.3 Å². The van der Waals surface area contributed by atoms with Gasteiger partial charge in [0.25, 0.3) is 5.91 Å². The Hall–Kier alpha value is -4.80. The number of aromatic nitrogens is 2. The smallest absolute Gasteiger partial charge is 0.416 e. The zero-order valence-corrected chi connectivity index (χ0v) is 25.8. The lowest BCUT2D eigenvalue weighted by Gasteiger charge is -2.29. The number of nitrogens with zero attached hydrogens (tertiary/aromatic N) is 3. The summed E-state index contributed by atoms with van der Waals surface area (Å²) in [4.78, 5) is 28.1. The van der Waals surface area contributed by atoms with E-state index in [9.17, 15) is 22.8 Å². The van der Waals surface area contributed by atoms with E-state index in [1.165, 1.54) is 24.1 Å². The Bertz CT molecular complexity index is 1780. The van der Waals surface area contributed by atoms with E-state index in [4.69, 9.17) is 20.3 Å². The van der Waals surface area contributed by atoms with Crippen molar-refractivity contribution in [2.24, 2.45) is 5.41 Å². The van der Waals surface area contributed by atoms with Crippen LogP contribution in [0.5, 0.6) is 11.5 Å². The van der Waals surface area contributed by atoms with E-state index in [1.54, 1.807) is 43.2 Å². The van der Waals surface area contributed by atoms with Gasteiger partial charge in [-0.05, 0) is 65.4 Å². The van der Waals surface area contributed by atoms with Crippen molar-refractivity contribution in [2.45, 2.75) is 45.8 Å². The minimum absolute atomic E-state index is 0.00423. The van der Waals surface area contributed by atoms with E-state index in [0.29, 0.717) is 53.3 Å². The summed E-state index contributed by atoms with van der Waals surface area (Å²) in [5.41, 5.74) is 9.67. The molecule has 8 nitrogen and oxygen atoms in total. The number of carbonyl (C=O) groups excluding carboxylic acids is 2. The quantitative estimate of drug-likeness (QED) is 0.226. The van der Waals surface area contributed by atoms with Gasteiger partial charge in [0.2, 0.25) is 0 Å². The highest BCUT2D eigenvalue weighted by Crippen LogP contribution is 2.39. The average Bonchev–Trinajstić information content (AvgIpc) is 3.32. The number of benzene rings is 3. The zero-order valence-electron chi connectivity index (χ0n) is 25.8. The highest BCUT2D eigenvalue weighted by molar-refractivity contribution is 6.00. The minimum atomic E-state index is -4.48. The number of alkyl halides is 3. The summed E-state index contributed by atoms with van der Waals surface area (Å²) in [6.07, 6.45) is -3.13. The summed E-state index contributed by atoms with van der Waals surface area (Å²) >= 11 is 0. The average molecular weight is 621 g/mol. The summed E-state index contributed by atoms with van der Waals surface area (Å²) in [6.45, 7) is 4.04. The van der Waals surface area contributed by atoms with Gasteiger partial charge in [-0.1, -0.05) is 32.0 Å². The number of ketones is 1. The maximum absolute atomic E-state index is 13.5. The Morgan fingerprint density at radius 1 is 1.00 bits per heavy atom. The molecule has 0 saturated heterocycles. The molecule has 0 aliphatic heterocycles. The van der Waals surface area contributed by atoms with Crippen LogP contribution in [0.15, 0.2) is 60.7 Å². The maximum Gasteiger partial charge on any atom is 0.416 e. The number of rotatable bonds is 8. The number of ether oxygens (including phenoxy) is 2. The lowest BCUT2D eigenvalue weighted by molar-refractivity contribution is -0.137. The normalized spacial score (nSPS) is 14.2. The molecule has 3 aromatic carbocycles. The van der Waals surface area contributed by atoms with Gasteiger partial charge in [0.05, 0.1) is 48.1 Å². The maximum atomic E-state index is 13.5. The lowest BCUT2D eigenvalue weighted by atomic mass is 9.75. The molecular weight excluding hydrogens is 585 g/mol. The number of anilines is 1. The highest BCUT2D eigenvalue weighted by Gasteiger charge is 2.37. The van der Waals surface area contributed by atoms with Crippen LogP contribution >= 0.6 is 0 Å². The van der Waals surface area contributed by atoms with Crippen molar-refractivity contribution >= 4 is 17.4 Å². The molecule has 1 amide bonds. The fourth-order valence-corrected chi connectivity index (χ4v) is 5.83. The first-order valence-corrected chi connectivity index (χ1v) is 14.4. The van der Waals surface area contributed by atoms with E-state index in [0.717, 1.165) is 23.4 Å². The summed E-state index contributed by atoms with van der Waals surface area (Å²) in [5, 5.41) is 4.88. The van der Waals surface area contributed by atoms with Crippen LogP contribution in [0.3, 0.4) is 0 Å². The largest absolute Gasteiger partial charge is 0.493 e. The Balaban J connectivity index is 1.46. The molecule has 0 spiro atoms. The molecule has 2 N–H and O–H groups in total. The number of nitrogen functional groups attached to an aromatic ring is 1. The number of methoxy groups -OCH3 is 2. The summed E-state index contributed by atoms with van der Waals surface area (Å²) in [5.74, 6) is 0.760. The molecule has 0 bridgehead atoms. The summed E-state index contributed by atoms with van der Waals surface area (Å²) < 4.78 is 52.0. The fraction of sp³-hybridized carbons (Fsp3) is 0.324. The van der Waals surface area contributed by atoms with Crippen molar-refractivity contribution < 1.29 is 32.2 Å². The van der Waals surface area contributed by atoms with Crippen molar-refractivity contribution in [2.75, 3.05) is 27.0 Å². The number of Topliss-reactive ketones (excluding diaryl/α,β-unsaturated/α-hetero) is 1. The number of fused-ring (bicyclic) bond motifs is 1. The first-order chi connectivity index (χ1) is 21.2. The Morgan fingerprint density at radius 2 is 1.73 bits per heavy atom. The second-order valence-corrected chi connectivity index (χ2v) is 12.1. The zero-order chi connectivity index (χ0) is 32.7. The van der Waals surface area contributed by atoms with Crippen LogP contribution in [0, 0.1) is 5.41 Å². The van der Waals surface area contributed by atoms with Crippen molar-refractivity contribution in [3.63, 3.8) is 0 Å². The molecule has 11 heteroatoms. The predicted octanol–water partition coefficient (Wildman–Crippen LogP) is 6.51. The monoisotopic (exact) mass is 620 g/mol. The van der Waals surface area contributed by atoms with E-state index in [1.807, 2.05) is 26.0 Å². The van der Waals surface area contributed by atoms with Crippen LogP contribution in [0.2, 0.25) is 0 Å². The molecule has 0 saturated carbocycles. The van der Waals surface area contributed by atoms with Gasteiger partial charge in [0.15, 0.2) is 17.3 Å². The molecule has 1 aliphatic carbocycles. The van der Waals surface area contributed by atoms with Crippen LogP contribution in [0.4, 0.5) is 18.9 Å². The van der Waals surface area contributed by atoms with Crippen LogP contribution in [-0.4, -0.2) is 47.6 Å². The number of carbonyl (C=O) groups is 2. The summed E-state index contributed by atoms with van der Waals surface area (Å²) in [6, 6.07) is 15.3. The standard InChI is InChI=1S/C34H35F3N4O4/c1-33(2)17-27-31(28(42)18-33)25(14-20-9-12-29(44-4)30(15-20)45-5)39-41(27)26-11-10-22(16-24(26)38)32(43)40(3)19-21-7-6-8-23(13-21)34(35,36)37/h6-13,15-16H,14,17-19,38H2,1-5H3. The fourth-order valence-electron chi connectivity index (χ4n) is 5.83. The van der Waals surface area contributed by atoms with Crippen molar-refractivity contribution in [3.8, 4) is 17.2 Å². The number of amides is 1. The van der Waals surface area contributed by atoms with Gasteiger partial charge in [-0.15, -0.1) is 0 Å². The highest BCUT2D eigenvalue weighted by atomic mass is 19.4.